The molecule has 1 aliphatic rings. The number of unbranched alkanes of at least 4 members (excludes halogenated alkanes) is 5. The van der Waals surface area contributed by atoms with Gasteiger partial charge in [0.1, 0.15) is 5.75 Å². The summed E-state index contributed by atoms with van der Waals surface area (Å²) in [4.78, 5) is 5.00. The minimum Gasteiger partial charge on any atom is -0.494 e. The van der Waals surface area contributed by atoms with Crippen LogP contribution in [0.2, 0.25) is 0 Å². The van der Waals surface area contributed by atoms with Gasteiger partial charge >= 0.3 is 0 Å². The maximum absolute atomic E-state index is 5.87. The highest BCUT2D eigenvalue weighted by Gasteiger charge is 2.19. The average molecular weight is 380 g/mol. The van der Waals surface area contributed by atoms with E-state index in [4.69, 9.17) is 9.72 Å². The van der Waals surface area contributed by atoms with Crippen molar-refractivity contribution in [1.82, 2.24) is 4.98 Å². The Morgan fingerprint density at radius 1 is 0.893 bits per heavy atom. The van der Waals surface area contributed by atoms with Crippen LogP contribution in [0.4, 0.5) is 0 Å². The molecular weight excluding hydrogens is 342 g/mol. The number of nitrogens with zero attached hydrogens (tertiary/aromatic N) is 1. The van der Waals surface area contributed by atoms with Crippen molar-refractivity contribution in [2.45, 2.75) is 84.5 Å². The van der Waals surface area contributed by atoms with E-state index >= 15 is 0 Å². The quantitative estimate of drug-likeness (QED) is 0.380. The molecule has 0 saturated heterocycles. The Labute approximate surface area is 171 Å². The summed E-state index contributed by atoms with van der Waals surface area (Å²) in [6.45, 7) is 5.34. The SMILES string of the molecule is CCCCCCOc1ccc(-c2ccc3c(n2)CCC(CCCCC)C3)cc1. The first-order valence-corrected chi connectivity index (χ1v) is 11.5. The van der Waals surface area contributed by atoms with Crippen LogP contribution in [0.1, 0.15) is 82.9 Å². The van der Waals surface area contributed by atoms with Crippen LogP contribution in [0.5, 0.6) is 5.75 Å². The maximum Gasteiger partial charge on any atom is 0.119 e. The second kappa shape index (κ2) is 11.2. The van der Waals surface area contributed by atoms with Crippen LogP contribution in [0.15, 0.2) is 36.4 Å². The fourth-order valence-electron chi connectivity index (χ4n) is 4.22. The van der Waals surface area contributed by atoms with Crippen LogP contribution >= 0.6 is 0 Å². The molecule has 0 spiro atoms. The molecule has 1 atom stereocenters. The van der Waals surface area contributed by atoms with Gasteiger partial charge in [-0.3, -0.25) is 4.98 Å². The number of benzene rings is 1. The van der Waals surface area contributed by atoms with Gasteiger partial charge in [0.25, 0.3) is 0 Å². The number of pyridine rings is 1. The molecule has 1 aliphatic carbocycles. The van der Waals surface area contributed by atoms with Crippen LogP contribution in [-0.4, -0.2) is 11.6 Å². The molecule has 0 N–H and O–H groups in total. The van der Waals surface area contributed by atoms with Gasteiger partial charge in [0.2, 0.25) is 0 Å². The van der Waals surface area contributed by atoms with Crippen molar-refractivity contribution in [3.8, 4) is 17.0 Å². The Bertz CT molecular complexity index is 707. The second-order valence-corrected chi connectivity index (χ2v) is 8.34. The number of hydrogen-bond donors (Lipinski definition) is 0. The zero-order chi connectivity index (χ0) is 19.6. The maximum atomic E-state index is 5.87. The lowest BCUT2D eigenvalue weighted by molar-refractivity contribution is 0.305. The third-order valence-corrected chi connectivity index (χ3v) is 6.00. The largest absolute Gasteiger partial charge is 0.494 e. The first-order valence-electron chi connectivity index (χ1n) is 11.5. The molecule has 0 radical (unpaired) electrons. The van der Waals surface area contributed by atoms with Crippen LogP contribution < -0.4 is 4.74 Å². The van der Waals surface area contributed by atoms with Gasteiger partial charge in [-0.15, -0.1) is 0 Å². The normalized spacial score (nSPS) is 16.0. The Morgan fingerprint density at radius 2 is 1.68 bits per heavy atom. The molecule has 3 rings (SSSR count). The van der Waals surface area contributed by atoms with E-state index in [0.29, 0.717) is 0 Å². The van der Waals surface area contributed by atoms with Gasteiger partial charge in [0.05, 0.1) is 12.3 Å². The monoisotopic (exact) mass is 379 g/mol. The Balaban J connectivity index is 1.55. The fraction of sp³-hybridized carbons (Fsp3) is 0.577. The van der Waals surface area contributed by atoms with Crippen molar-refractivity contribution < 1.29 is 4.74 Å². The van der Waals surface area contributed by atoms with Crippen molar-refractivity contribution in [3.05, 3.63) is 47.7 Å². The lowest BCUT2D eigenvalue weighted by Crippen LogP contribution is -2.15. The van der Waals surface area contributed by atoms with Gasteiger partial charge in [0.15, 0.2) is 0 Å². The van der Waals surface area contributed by atoms with E-state index in [-0.39, 0.29) is 0 Å². The molecule has 0 aliphatic heterocycles. The van der Waals surface area contributed by atoms with E-state index in [0.717, 1.165) is 36.8 Å². The minimum atomic E-state index is 0.815. The second-order valence-electron chi connectivity index (χ2n) is 8.34. The molecule has 1 heterocycles. The highest BCUT2D eigenvalue weighted by molar-refractivity contribution is 5.60. The van der Waals surface area contributed by atoms with E-state index in [1.54, 1.807) is 0 Å². The highest BCUT2D eigenvalue weighted by atomic mass is 16.5. The van der Waals surface area contributed by atoms with Crippen molar-refractivity contribution >= 4 is 0 Å². The molecule has 0 amide bonds. The molecule has 0 fully saturated rings. The molecular formula is C26H37NO. The predicted molar refractivity (Wildman–Crippen MR) is 119 cm³/mol. The van der Waals surface area contributed by atoms with E-state index in [1.807, 2.05) is 0 Å². The Morgan fingerprint density at radius 3 is 2.46 bits per heavy atom. The zero-order valence-electron chi connectivity index (χ0n) is 17.9. The summed E-state index contributed by atoms with van der Waals surface area (Å²) in [5, 5.41) is 0. The Kier molecular flexibility index (Phi) is 8.39. The lowest BCUT2D eigenvalue weighted by Gasteiger charge is -2.24. The molecule has 2 aromatic rings. The summed E-state index contributed by atoms with van der Waals surface area (Å²) < 4.78 is 5.87. The van der Waals surface area contributed by atoms with Gasteiger partial charge in [-0.25, -0.2) is 0 Å². The number of ether oxygens (including phenoxy) is 1. The Hall–Kier alpha value is -1.83. The summed E-state index contributed by atoms with van der Waals surface area (Å²) in [5.74, 6) is 1.83. The van der Waals surface area contributed by atoms with Crippen molar-refractivity contribution in [2.75, 3.05) is 6.61 Å². The number of hydrogen-bond acceptors (Lipinski definition) is 2. The molecule has 1 aromatic heterocycles. The van der Waals surface area contributed by atoms with Gasteiger partial charge in [-0.1, -0.05) is 64.9 Å². The lowest BCUT2D eigenvalue weighted by atomic mass is 9.83. The third kappa shape index (κ3) is 6.09. The van der Waals surface area contributed by atoms with Crippen LogP contribution in [0.3, 0.4) is 0 Å². The van der Waals surface area contributed by atoms with E-state index in [1.165, 1.54) is 74.6 Å². The summed E-state index contributed by atoms with van der Waals surface area (Å²) in [5.41, 5.74) is 5.08. The molecule has 2 heteroatoms. The minimum absolute atomic E-state index is 0.815. The number of rotatable bonds is 11. The first kappa shape index (κ1) is 20.9. The first-order chi connectivity index (χ1) is 13.8. The summed E-state index contributed by atoms with van der Waals surface area (Å²) in [6.07, 6.45) is 14.1. The fourth-order valence-corrected chi connectivity index (χ4v) is 4.22. The van der Waals surface area contributed by atoms with Crippen molar-refractivity contribution in [3.63, 3.8) is 0 Å². The topological polar surface area (TPSA) is 22.1 Å². The van der Waals surface area contributed by atoms with Gasteiger partial charge in [-0.2, -0.15) is 0 Å². The zero-order valence-corrected chi connectivity index (χ0v) is 17.9. The van der Waals surface area contributed by atoms with E-state index < -0.39 is 0 Å². The van der Waals surface area contributed by atoms with Gasteiger partial charge in [-0.05, 0) is 67.5 Å². The van der Waals surface area contributed by atoms with E-state index in [9.17, 15) is 0 Å². The number of fused-ring (bicyclic) bond motifs is 1. The third-order valence-electron chi connectivity index (χ3n) is 6.00. The summed E-state index contributed by atoms with van der Waals surface area (Å²) in [6, 6.07) is 13.0. The summed E-state index contributed by atoms with van der Waals surface area (Å²) in [7, 11) is 0. The molecule has 152 valence electrons. The smallest absolute Gasteiger partial charge is 0.119 e. The number of aromatic nitrogens is 1. The molecule has 0 saturated carbocycles. The van der Waals surface area contributed by atoms with E-state index in [2.05, 4.69) is 50.2 Å². The summed E-state index contributed by atoms with van der Waals surface area (Å²) >= 11 is 0. The molecule has 2 nitrogen and oxygen atoms in total. The van der Waals surface area contributed by atoms with Crippen LogP contribution in [0, 0.1) is 5.92 Å². The number of aryl methyl sites for hydroxylation is 1. The standard InChI is InChI=1S/C26H37NO/c1-3-5-7-9-19-28-24-15-12-22(13-16-24)25-18-14-23-20-21(10-8-6-4-2)11-17-26(23)27-25/h12-16,18,21H,3-11,17,19-20H2,1-2H3. The molecule has 28 heavy (non-hydrogen) atoms. The molecule has 1 unspecified atom stereocenters. The molecule has 1 aromatic carbocycles. The highest BCUT2D eigenvalue weighted by Crippen LogP contribution is 2.30. The van der Waals surface area contributed by atoms with Gasteiger partial charge < -0.3 is 4.74 Å². The van der Waals surface area contributed by atoms with Crippen LogP contribution in [0.25, 0.3) is 11.3 Å². The average Bonchev–Trinajstić information content (AvgIpc) is 2.74. The molecule has 0 bridgehead atoms. The predicted octanol–water partition coefficient (Wildman–Crippen LogP) is 7.39. The van der Waals surface area contributed by atoms with Crippen LogP contribution in [-0.2, 0) is 12.8 Å². The van der Waals surface area contributed by atoms with Crippen molar-refractivity contribution in [2.24, 2.45) is 5.92 Å². The van der Waals surface area contributed by atoms with Gasteiger partial charge in [0, 0.05) is 11.3 Å². The van der Waals surface area contributed by atoms with Crippen molar-refractivity contribution in [1.29, 1.82) is 0 Å².